The highest BCUT2D eigenvalue weighted by Gasteiger charge is 2.12. The number of hydrogen-bond acceptors (Lipinski definition) is 3. The molecule has 0 aliphatic heterocycles. The van der Waals surface area contributed by atoms with Gasteiger partial charge in [0.15, 0.2) is 0 Å². The quantitative estimate of drug-likeness (QED) is 0.870. The summed E-state index contributed by atoms with van der Waals surface area (Å²) in [6.45, 7) is 4.66. The van der Waals surface area contributed by atoms with Gasteiger partial charge in [0.2, 0.25) is 0 Å². The second kappa shape index (κ2) is 6.08. The van der Waals surface area contributed by atoms with E-state index in [1.165, 1.54) is 12.1 Å². The number of aromatic nitrogens is 1. The number of benzene rings is 1. The lowest BCUT2D eigenvalue weighted by atomic mass is 10.0. The second-order valence-corrected chi connectivity index (χ2v) is 4.97. The molecule has 0 spiro atoms. The Kier molecular flexibility index (Phi) is 4.45. The molecule has 0 saturated carbocycles. The van der Waals surface area contributed by atoms with E-state index < -0.39 is 0 Å². The number of pyridine rings is 1. The Morgan fingerprint density at radius 2 is 2.16 bits per heavy atom. The van der Waals surface area contributed by atoms with Crippen molar-refractivity contribution in [2.75, 3.05) is 6.61 Å². The zero-order valence-corrected chi connectivity index (χ0v) is 11.2. The summed E-state index contributed by atoms with van der Waals surface area (Å²) in [6, 6.07) is 6.82. The average Bonchev–Trinajstić information content (AvgIpc) is 2.43. The molecule has 3 nitrogen and oxygen atoms in total. The van der Waals surface area contributed by atoms with Gasteiger partial charge in [-0.2, -0.15) is 0 Å². The Bertz CT molecular complexity index is 559. The van der Waals surface area contributed by atoms with Gasteiger partial charge in [0.05, 0.1) is 5.52 Å². The van der Waals surface area contributed by atoms with E-state index in [4.69, 9.17) is 5.11 Å². The van der Waals surface area contributed by atoms with Crippen molar-refractivity contribution in [3.63, 3.8) is 0 Å². The van der Waals surface area contributed by atoms with E-state index in [1.807, 2.05) is 19.9 Å². The van der Waals surface area contributed by atoms with Gasteiger partial charge in [-0.25, -0.2) is 4.39 Å². The first-order chi connectivity index (χ1) is 9.11. The van der Waals surface area contributed by atoms with Crippen LogP contribution in [-0.2, 0) is 6.54 Å². The van der Waals surface area contributed by atoms with Crippen LogP contribution in [0.4, 0.5) is 4.39 Å². The monoisotopic (exact) mass is 262 g/mol. The maximum atomic E-state index is 13.6. The molecule has 102 valence electrons. The number of rotatable bonds is 5. The molecule has 0 radical (unpaired) electrons. The molecule has 4 heteroatoms. The average molecular weight is 262 g/mol. The minimum absolute atomic E-state index is 0.135. The van der Waals surface area contributed by atoms with Crippen molar-refractivity contribution in [2.24, 2.45) is 5.92 Å². The molecule has 2 aromatic rings. The number of fused-ring (bicyclic) bond motifs is 1. The summed E-state index contributed by atoms with van der Waals surface area (Å²) in [5.41, 5.74) is 1.66. The molecule has 0 aliphatic carbocycles. The molecule has 2 atom stereocenters. The molecule has 1 aromatic heterocycles. The number of nitrogens with one attached hydrogen (secondary N) is 1. The van der Waals surface area contributed by atoms with Crippen molar-refractivity contribution in [1.82, 2.24) is 10.3 Å². The minimum Gasteiger partial charge on any atom is -0.396 e. The van der Waals surface area contributed by atoms with E-state index in [9.17, 15) is 4.39 Å². The van der Waals surface area contributed by atoms with Crippen LogP contribution in [0.2, 0.25) is 0 Å². The van der Waals surface area contributed by atoms with Crippen LogP contribution in [0.25, 0.3) is 10.9 Å². The maximum Gasteiger partial charge on any atom is 0.124 e. The first-order valence-electron chi connectivity index (χ1n) is 6.49. The summed E-state index contributed by atoms with van der Waals surface area (Å²) in [5.74, 6) is -0.0899. The van der Waals surface area contributed by atoms with Crippen molar-refractivity contribution in [2.45, 2.75) is 26.4 Å². The van der Waals surface area contributed by atoms with E-state index in [0.717, 1.165) is 16.5 Å². The smallest absolute Gasteiger partial charge is 0.124 e. The predicted molar refractivity (Wildman–Crippen MR) is 74.3 cm³/mol. The number of nitrogens with zero attached hydrogens (tertiary/aromatic N) is 1. The zero-order valence-electron chi connectivity index (χ0n) is 11.2. The number of hydrogen-bond donors (Lipinski definition) is 2. The topological polar surface area (TPSA) is 45.1 Å². The predicted octanol–water partition coefficient (Wildman–Crippen LogP) is 2.48. The van der Waals surface area contributed by atoms with Crippen LogP contribution in [0.1, 0.15) is 19.4 Å². The van der Waals surface area contributed by atoms with Gasteiger partial charge in [0, 0.05) is 30.8 Å². The van der Waals surface area contributed by atoms with Crippen LogP contribution in [0.5, 0.6) is 0 Å². The fraction of sp³-hybridized carbons (Fsp3) is 0.400. The fourth-order valence-corrected chi connectivity index (χ4v) is 1.99. The third-order valence-electron chi connectivity index (χ3n) is 3.50. The molecule has 0 saturated heterocycles. The summed E-state index contributed by atoms with van der Waals surface area (Å²) in [4.78, 5) is 4.31. The van der Waals surface area contributed by atoms with Crippen LogP contribution in [0, 0.1) is 11.7 Å². The Balaban J connectivity index is 2.20. The van der Waals surface area contributed by atoms with Crippen LogP contribution in [0.15, 0.2) is 30.5 Å². The number of aliphatic hydroxyl groups is 1. The highest BCUT2D eigenvalue weighted by molar-refractivity contribution is 5.81. The van der Waals surface area contributed by atoms with Crippen LogP contribution < -0.4 is 5.32 Å². The second-order valence-electron chi connectivity index (χ2n) is 4.97. The SMILES string of the molecule is CC(CO)C(C)NCc1cc(F)cc2cccnc12. The lowest BCUT2D eigenvalue weighted by Gasteiger charge is -2.19. The first-order valence-corrected chi connectivity index (χ1v) is 6.49. The maximum absolute atomic E-state index is 13.6. The minimum atomic E-state index is -0.250. The largest absolute Gasteiger partial charge is 0.396 e. The van der Waals surface area contributed by atoms with Crippen molar-refractivity contribution in [1.29, 1.82) is 0 Å². The van der Waals surface area contributed by atoms with Gasteiger partial charge in [-0.15, -0.1) is 0 Å². The standard InChI is InChI=1S/C15H19FN2O/c1-10(9-19)11(2)18-8-13-7-14(16)6-12-4-3-5-17-15(12)13/h3-7,10-11,18-19H,8-9H2,1-2H3. The molecule has 2 N–H and O–H groups in total. The van der Waals surface area contributed by atoms with Gasteiger partial charge in [0.1, 0.15) is 5.82 Å². The Labute approximate surface area is 112 Å². The lowest BCUT2D eigenvalue weighted by molar-refractivity contribution is 0.207. The van der Waals surface area contributed by atoms with Gasteiger partial charge < -0.3 is 10.4 Å². The Morgan fingerprint density at radius 1 is 1.37 bits per heavy atom. The van der Waals surface area contributed by atoms with Crippen LogP contribution >= 0.6 is 0 Å². The number of aliphatic hydroxyl groups excluding tert-OH is 1. The molecule has 1 aromatic carbocycles. The Morgan fingerprint density at radius 3 is 2.89 bits per heavy atom. The summed E-state index contributed by atoms with van der Waals surface area (Å²) >= 11 is 0. The molecule has 2 unspecified atom stereocenters. The fourth-order valence-electron chi connectivity index (χ4n) is 1.99. The first kappa shape index (κ1) is 13.9. The summed E-state index contributed by atoms with van der Waals surface area (Å²) in [5, 5.41) is 13.2. The Hall–Kier alpha value is -1.52. The normalized spacial score (nSPS) is 14.5. The van der Waals surface area contributed by atoms with Gasteiger partial charge in [-0.1, -0.05) is 13.0 Å². The molecular formula is C15H19FN2O. The molecular weight excluding hydrogens is 243 g/mol. The molecule has 19 heavy (non-hydrogen) atoms. The van der Waals surface area contributed by atoms with Gasteiger partial charge >= 0.3 is 0 Å². The third-order valence-corrected chi connectivity index (χ3v) is 3.50. The molecule has 1 heterocycles. The summed E-state index contributed by atoms with van der Waals surface area (Å²) in [6.07, 6.45) is 1.71. The summed E-state index contributed by atoms with van der Waals surface area (Å²) < 4.78 is 13.6. The van der Waals surface area contributed by atoms with Crippen molar-refractivity contribution >= 4 is 10.9 Å². The van der Waals surface area contributed by atoms with Gasteiger partial charge in [-0.05, 0) is 36.6 Å². The molecule has 0 bridgehead atoms. The molecule has 0 amide bonds. The van der Waals surface area contributed by atoms with E-state index in [1.54, 1.807) is 12.3 Å². The van der Waals surface area contributed by atoms with Gasteiger partial charge in [-0.3, -0.25) is 4.98 Å². The van der Waals surface area contributed by atoms with Crippen LogP contribution in [-0.4, -0.2) is 22.7 Å². The van der Waals surface area contributed by atoms with Crippen LogP contribution in [0.3, 0.4) is 0 Å². The van der Waals surface area contributed by atoms with E-state index in [2.05, 4.69) is 10.3 Å². The molecule has 2 rings (SSSR count). The number of halogens is 1. The van der Waals surface area contributed by atoms with E-state index in [-0.39, 0.29) is 24.4 Å². The van der Waals surface area contributed by atoms with Gasteiger partial charge in [0.25, 0.3) is 0 Å². The highest BCUT2D eigenvalue weighted by atomic mass is 19.1. The van der Waals surface area contributed by atoms with Crippen molar-refractivity contribution in [3.8, 4) is 0 Å². The molecule has 0 fully saturated rings. The van der Waals surface area contributed by atoms with Crippen molar-refractivity contribution in [3.05, 3.63) is 41.8 Å². The summed E-state index contributed by atoms with van der Waals surface area (Å²) in [7, 11) is 0. The lowest BCUT2D eigenvalue weighted by Crippen LogP contribution is -2.33. The van der Waals surface area contributed by atoms with E-state index >= 15 is 0 Å². The zero-order chi connectivity index (χ0) is 13.8. The van der Waals surface area contributed by atoms with Crippen molar-refractivity contribution < 1.29 is 9.50 Å². The highest BCUT2D eigenvalue weighted by Crippen LogP contribution is 2.18. The third kappa shape index (κ3) is 3.28. The molecule has 0 aliphatic rings. The van der Waals surface area contributed by atoms with E-state index in [0.29, 0.717) is 6.54 Å².